The van der Waals surface area contributed by atoms with Gasteiger partial charge in [-0.05, 0) is 19.3 Å². The van der Waals surface area contributed by atoms with Gasteiger partial charge in [0.25, 0.3) is 5.56 Å². The lowest BCUT2D eigenvalue weighted by atomic mass is 10.2. The van der Waals surface area contributed by atoms with Gasteiger partial charge < -0.3 is 5.32 Å². The molecule has 0 aliphatic heterocycles. The van der Waals surface area contributed by atoms with Crippen LogP contribution in [0.15, 0.2) is 23.1 Å². The van der Waals surface area contributed by atoms with Crippen molar-refractivity contribution in [1.82, 2.24) is 9.78 Å². The summed E-state index contributed by atoms with van der Waals surface area (Å²) in [7, 11) is 0. The third-order valence-electron chi connectivity index (χ3n) is 2.39. The number of hydrogen-bond acceptors (Lipinski definition) is 3. The monoisotopic (exact) mass is 269 g/mol. The molecule has 1 heterocycles. The van der Waals surface area contributed by atoms with Gasteiger partial charge in [-0.1, -0.05) is 37.6 Å². The Hall–Kier alpha value is -1.29. The molecule has 0 amide bonds. The van der Waals surface area contributed by atoms with Crippen molar-refractivity contribution in [2.75, 3.05) is 11.9 Å². The number of hydrogen-bond donors (Lipinski definition) is 1. The number of nitrogens with zero attached hydrogens (tertiary/aromatic N) is 2. The van der Waals surface area contributed by atoms with Crippen LogP contribution in [0.25, 0.3) is 0 Å². The fraction of sp³-hybridized carbons (Fsp3) is 0.538. The van der Waals surface area contributed by atoms with Crippen LogP contribution in [-0.2, 0) is 6.54 Å². The fourth-order valence-corrected chi connectivity index (χ4v) is 1.73. The zero-order chi connectivity index (χ0) is 13.5. The number of nitrogens with one attached hydrogen (secondary N) is 1. The van der Waals surface area contributed by atoms with Crippen LogP contribution in [0.4, 0.5) is 5.69 Å². The molecule has 18 heavy (non-hydrogen) atoms. The average molecular weight is 270 g/mol. The molecule has 0 unspecified atom stereocenters. The van der Waals surface area contributed by atoms with Gasteiger partial charge in [0.1, 0.15) is 5.02 Å². The van der Waals surface area contributed by atoms with Gasteiger partial charge in [-0.3, -0.25) is 4.79 Å². The van der Waals surface area contributed by atoms with E-state index in [2.05, 4.69) is 10.4 Å². The van der Waals surface area contributed by atoms with Gasteiger partial charge in [-0.2, -0.15) is 5.10 Å². The van der Waals surface area contributed by atoms with Crippen molar-refractivity contribution in [2.45, 2.75) is 33.7 Å². The summed E-state index contributed by atoms with van der Waals surface area (Å²) in [6.07, 6.45) is 6.54. The maximum atomic E-state index is 11.9. The lowest BCUT2D eigenvalue weighted by Gasteiger charge is -2.11. The molecule has 1 aromatic heterocycles. The van der Waals surface area contributed by atoms with E-state index in [1.807, 2.05) is 32.9 Å². The summed E-state index contributed by atoms with van der Waals surface area (Å²) in [5.41, 5.74) is 0.368. The zero-order valence-corrected chi connectivity index (χ0v) is 11.9. The molecule has 1 N–H and O–H groups in total. The summed E-state index contributed by atoms with van der Waals surface area (Å²) in [5, 5.41) is 7.44. The molecule has 0 aliphatic carbocycles. The molecule has 0 spiro atoms. The third kappa shape index (κ3) is 4.18. The summed E-state index contributed by atoms with van der Waals surface area (Å²) in [5.74, 6) is 0.361. The molecular weight excluding hydrogens is 250 g/mol. The Kier molecular flexibility index (Phi) is 5.92. The van der Waals surface area contributed by atoms with Crippen molar-refractivity contribution in [3.05, 3.63) is 33.7 Å². The maximum absolute atomic E-state index is 11.9. The molecule has 0 aliphatic rings. The minimum atomic E-state index is -0.235. The van der Waals surface area contributed by atoms with E-state index in [0.29, 0.717) is 18.2 Å². The van der Waals surface area contributed by atoms with E-state index in [1.54, 1.807) is 6.20 Å². The minimum absolute atomic E-state index is 0.214. The van der Waals surface area contributed by atoms with Crippen LogP contribution in [0, 0.1) is 5.92 Å². The molecule has 4 nitrogen and oxygen atoms in total. The Bertz CT molecular complexity index is 466. The summed E-state index contributed by atoms with van der Waals surface area (Å²) >= 11 is 6.04. The first-order valence-electron chi connectivity index (χ1n) is 6.17. The molecule has 0 bridgehead atoms. The first-order valence-corrected chi connectivity index (χ1v) is 6.54. The van der Waals surface area contributed by atoms with Crippen molar-refractivity contribution in [3.63, 3.8) is 0 Å². The molecule has 100 valence electrons. The van der Waals surface area contributed by atoms with E-state index in [9.17, 15) is 4.79 Å². The van der Waals surface area contributed by atoms with Crippen molar-refractivity contribution in [2.24, 2.45) is 5.92 Å². The van der Waals surface area contributed by atoms with Gasteiger partial charge in [-0.25, -0.2) is 4.68 Å². The zero-order valence-electron chi connectivity index (χ0n) is 11.1. The topological polar surface area (TPSA) is 46.9 Å². The second-order valence-electron chi connectivity index (χ2n) is 4.54. The Morgan fingerprint density at radius 2 is 2.28 bits per heavy atom. The van der Waals surface area contributed by atoms with Crippen LogP contribution < -0.4 is 10.9 Å². The first-order chi connectivity index (χ1) is 8.56. The van der Waals surface area contributed by atoms with Crippen LogP contribution in [0.1, 0.15) is 27.2 Å². The Morgan fingerprint density at radius 3 is 2.89 bits per heavy atom. The highest BCUT2D eigenvalue weighted by Crippen LogP contribution is 2.15. The van der Waals surface area contributed by atoms with Crippen molar-refractivity contribution in [1.29, 1.82) is 0 Å². The van der Waals surface area contributed by atoms with Crippen LogP contribution in [-0.4, -0.2) is 16.3 Å². The molecule has 0 aromatic carbocycles. The van der Waals surface area contributed by atoms with Crippen molar-refractivity contribution < 1.29 is 0 Å². The van der Waals surface area contributed by atoms with Crippen LogP contribution in [0.2, 0.25) is 5.02 Å². The van der Waals surface area contributed by atoms with Gasteiger partial charge in [0.05, 0.1) is 11.9 Å². The second-order valence-corrected chi connectivity index (χ2v) is 4.92. The number of anilines is 1. The average Bonchev–Trinajstić information content (AvgIpc) is 2.32. The van der Waals surface area contributed by atoms with Crippen LogP contribution >= 0.6 is 11.6 Å². The third-order valence-corrected chi connectivity index (χ3v) is 2.75. The molecule has 1 aromatic rings. The molecule has 0 saturated heterocycles. The summed E-state index contributed by atoms with van der Waals surface area (Å²) < 4.78 is 1.41. The molecule has 0 atom stereocenters. The highest BCUT2D eigenvalue weighted by atomic mass is 35.5. The summed E-state index contributed by atoms with van der Waals surface area (Å²) in [6.45, 7) is 7.36. The van der Waals surface area contributed by atoms with E-state index in [4.69, 9.17) is 11.6 Å². The summed E-state index contributed by atoms with van der Waals surface area (Å²) in [6, 6.07) is 0. The standard InChI is InChI=1S/C13H20ClN3O/c1-4-5-6-7-15-11-8-16-17(9-10(2)3)13(18)12(11)14/h4-5,8,10,15H,6-7,9H2,1-3H3/b5-4+. The van der Waals surface area contributed by atoms with Gasteiger partial charge in [0, 0.05) is 13.1 Å². The van der Waals surface area contributed by atoms with E-state index in [-0.39, 0.29) is 10.6 Å². The van der Waals surface area contributed by atoms with Crippen molar-refractivity contribution in [3.8, 4) is 0 Å². The predicted molar refractivity (Wildman–Crippen MR) is 76.3 cm³/mol. The van der Waals surface area contributed by atoms with Gasteiger partial charge in [0.15, 0.2) is 0 Å². The second kappa shape index (κ2) is 7.21. The van der Waals surface area contributed by atoms with Gasteiger partial charge in [0.2, 0.25) is 0 Å². The van der Waals surface area contributed by atoms with Gasteiger partial charge >= 0.3 is 0 Å². The Balaban J connectivity index is 2.77. The highest BCUT2D eigenvalue weighted by Gasteiger charge is 2.09. The number of allylic oxidation sites excluding steroid dienone is 1. The normalized spacial score (nSPS) is 11.4. The molecular formula is C13H20ClN3O. The SMILES string of the molecule is C/C=C/CCNc1cnn(CC(C)C)c(=O)c1Cl. The van der Waals surface area contributed by atoms with E-state index in [1.165, 1.54) is 4.68 Å². The van der Waals surface area contributed by atoms with E-state index >= 15 is 0 Å². The van der Waals surface area contributed by atoms with Crippen LogP contribution in [0.3, 0.4) is 0 Å². The fourth-order valence-electron chi connectivity index (χ4n) is 1.52. The number of rotatable bonds is 6. The first kappa shape index (κ1) is 14.8. The molecule has 1 rings (SSSR count). The lowest BCUT2D eigenvalue weighted by Crippen LogP contribution is -2.26. The van der Waals surface area contributed by atoms with Crippen molar-refractivity contribution >= 4 is 17.3 Å². The predicted octanol–water partition coefficient (Wildman–Crippen LogP) is 2.93. The van der Waals surface area contributed by atoms with Crippen LogP contribution in [0.5, 0.6) is 0 Å². The lowest BCUT2D eigenvalue weighted by molar-refractivity contribution is 0.464. The summed E-state index contributed by atoms with van der Waals surface area (Å²) in [4.78, 5) is 11.9. The number of halogens is 1. The maximum Gasteiger partial charge on any atom is 0.287 e. The van der Waals surface area contributed by atoms with E-state index < -0.39 is 0 Å². The number of aromatic nitrogens is 2. The molecule has 0 fully saturated rings. The minimum Gasteiger partial charge on any atom is -0.382 e. The molecule has 5 heteroatoms. The quantitative estimate of drug-likeness (QED) is 0.638. The Labute approximate surface area is 113 Å². The smallest absolute Gasteiger partial charge is 0.287 e. The molecule has 0 radical (unpaired) electrons. The van der Waals surface area contributed by atoms with E-state index in [0.717, 1.165) is 13.0 Å². The molecule has 0 saturated carbocycles. The Morgan fingerprint density at radius 1 is 1.56 bits per heavy atom. The highest BCUT2D eigenvalue weighted by molar-refractivity contribution is 6.32. The van der Waals surface area contributed by atoms with Gasteiger partial charge in [-0.15, -0.1) is 0 Å². The largest absolute Gasteiger partial charge is 0.382 e.